The largest absolute Gasteiger partial charge is 0.385 e. The predicted octanol–water partition coefficient (Wildman–Crippen LogP) is 2.13. The Kier molecular flexibility index (Phi) is 2.28. The lowest BCUT2D eigenvalue weighted by Crippen LogP contribution is -2.48. The van der Waals surface area contributed by atoms with Crippen molar-refractivity contribution < 1.29 is 19.4 Å². The summed E-state index contributed by atoms with van der Waals surface area (Å²) in [5.41, 5.74) is -1.87. The first kappa shape index (κ1) is 14.6. The molecule has 0 radical (unpaired) electrons. The molecule has 1 saturated heterocycles. The molecule has 0 aromatic rings. The first-order valence-corrected chi connectivity index (χ1v) is 9.11. The topological polar surface area (TPSA) is 66.9 Å². The van der Waals surface area contributed by atoms with Crippen molar-refractivity contribution in [1.82, 2.24) is 0 Å². The molecule has 4 aliphatic carbocycles. The zero-order valence-corrected chi connectivity index (χ0v) is 14.4. The number of carbonyl (C=O) groups is 2. The summed E-state index contributed by atoms with van der Waals surface area (Å²) in [6.45, 7) is 8.58. The van der Waals surface area contributed by atoms with Crippen LogP contribution < -0.4 is 0 Å². The third kappa shape index (κ3) is 1.06. The number of aliphatic hydroxyl groups is 1. The van der Waals surface area contributed by atoms with Gasteiger partial charge in [0.25, 0.3) is 0 Å². The molecule has 0 unspecified atom stereocenters. The Morgan fingerprint density at radius 1 is 1.26 bits per heavy atom. The second-order valence-corrected chi connectivity index (χ2v) is 9.51. The fraction of sp³-hybridized carbons (Fsp3) is 0.895. The van der Waals surface area contributed by atoms with Crippen LogP contribution in [-0.4, -0.2) is 34.5 Å². The van der Waals surface area contributed by atoms with Crippen molar-refractivity contribution >= 4 is 11.6 Å². The molecule has 4 saturated carbocycles. The first-order valence-electron chi connectivity index (χ1n) is 9.11. The summed E-state index contributed by atoms with van der Waals surface area (Å²) in [7, 11) is 0. The highest BCUT2D eigenvalue weighted by Crippen LogP contribution is 2.85. The lowest BCUT2D eigenvalue weighted by atomic mass is 9.55. The molecule has 5 rings (SSSR count). The maximum Gasteiger partial charge on any atom is 0.171 e. The van der Waals surface area contributed by atoms with Gasteiger partial charge in [-0.05, 0) is 49.4 Å². The average molecular weight is 318 g/mol. The van der Waals surface area contributed by atoms with Gasteiger partial charge in [0.15, 0.2) is 11.6 Å². The SMILES string of the molecule is CC(C)[C@H]1CC[C@]23C[C@@H]4CC(=O)[C@H]5O[C@@]45[C@@]2(C)C(=O)[C@@H](O)[C@]13C. The van der Waals surface area contributed by atoms with Gasteiger partial charge in [-0.15, -0.1) is 0 Å². The molecule has 1 aliphatic heterocycles. The predicted molar refractivity (Wildman–Crippen MR) is 82.6 cm³/mol. The molecule has 23 heavy (non-hydrogen) atoms. The maximum absolute atomic E-state index is 13.3. The Labute approximate surface area is 137 Å². The van der Waals surface area contributed by atoms with Crippen molar-refractivity contribution in [1.29, 1.82) is 0 Å². The first-order chi connectivity index (χ1) is 10.7. The summed E-state index contributed by atoms with van der Waals surface area (Å²) in [5, 5.41) is 11.0. The van der Waals surface area contributed by atoms with Gasteiger partial charge in [-0.3, -0.25) is 9.59 Å². The highest BCUT2D eigenvalue weighted by molar-refractivity contribution is 6.01. The minimum atomic E-state index is -0.918. The van der Waals surface area contributed by atoms with Gasteiger partial charge in [0, 0.05) is 11.8 Å². The molecule has 5 aliphatic rings. The summed E-state index contributed by atoms with van der Waals surface area (Å²) in [6, 6.07) is 0. The van der Waals surface area contributed by atoms with E-state index >= 15 is 0 Å². The minimum absolute atomic E-state index is 0.0509. The van der Waals surface area contributed by atoms with E-state index in [1.165, 1.54) is 0 Å². The van der Waals surface area contributed by atoms with Crippen molar-refractivity contribution in [3.8, 4) is 0 Å². The Morgan fingerprint density at radius 2 is 1.96 bits per heavy atom. The summed E-state index contributed by atoms with van der Waals surface area (Å²) in [5.74, 6) is 1.09. The lowest BCUT2D eigenvalue weighted by Gasteiger charge is -2.46. The summed E-state index contributed by atoms with van der Waals surface area (Å²) in [4.78, 5) is 25.5. The summed E-state index contributed by atoms with van der Waals surface area (Å²) < 4.78 is 5.97. The van der Waals surface area contributed by atoms with Crippen LogP contribution in [0, 0.1) is 34.0 Å². The van der Waals surface area contributed by atoms with Crippen molar-refractivity contribution in [3.05, 3.63) is 0 Å². The number of epoxide rings is 1. The number of rotatable bonds is 1. The monoisotopic (exact) mass is 318 g/mol. The fourth-order valence-corrected chi connectivity index (χ4v) is 8.19. The van der Waals surface area contributed by atoms with Crippen molar-refractivity contribution in [2.24, 2.45) is 34.0 Å². The van der Waals surface area contributed by atoms with Crippen LogP contribution in [0.4, 0.5) is 0 Å². The van der Waals surface area contributed by atoms with Gasteiger partial charge in [0.05, 0.1) is 5.41 Å². The van der Waals surface area contributed by atoms with Crippen LogP contribution in [0.5, 0.6) is 0 Å². The highest BCUT2D eigenvalue weighted by atomic mass is 16.6. The van der Waals surface area contributed by atoms with E-state index in [4.69, 9.17) is 4.74 Å². The van der Waals surface area contributed by atoms with Gasteiger partial charge in [-0.1, -0.05) is 20.8 Å². The van der Waals surface area contributed by atoms with Crippen LogP contribution in [0.1, 0.15) is 53.4 Å². The van der Waals surface area contributed by atoms with Crippen LogP contribution in [0.2, 0.25) is 0 Å². The number of ether oxygens (including phenoxy) is 1. The Morgan fingerprint density at radius 3 is 2.57 bits per heavy atom. The van der Waals surface area contributed by atoms with E-state index in [2.05, 4.69) is 20.8 Å². The zero-order valence-electron chi connectivity index (χ0n) is 14.4. The van der Waals surface area contributed by atoms with Crippen LogP contribution in [0.25, 0.3) is 0 Å². The molecule has 4 heteroatoms. The summed E-state index contributed by atoms with van der Waals surface area (Å²) in [6.07, 6.45) is 2.18. The van der Waals surface area contributed by atoms with Crippen molar-refractivity contribution in [2.45, 2.75) is 71.2 Å². The standard InChI is InChI=1S/C19H26O4/c1-9(2)11-5-6-18-8-10-7-12(20)15-19(10,23-15)17(18,4)14(22)13(21)16(11,18)3/h9-11,13,15,21H,5-8H2,1-4H3/t10-,11+,13+,15+,16-,17-,18+,19-/m0/s1. The lowest BCUT2D eigenvalue weighted by molar-refractivity contribution is -0.138. The van der Waals surface area contributed by atoms with E-state index in [1.807, 2.05) is 6.92 Å². The molecule has 4 nitrogen and oxygen atoms in total. The molecule has 0 bridgehead atoms. The van der Waals surface area contributed by atoms with E-state index in [9.17, 15) is 14.7 Å². The molecule has 1 heterocycles. The van der Waals surface area contributed by atoms with Crippen LogP contribution >= 0.6 is 0 Å². The quantitative estimate of drug-likeness (QED) is 0.752. The zero-order chi connectivity index (χ0) is 16.6. The van der Waals surface area contributed by atoms with Gasteiger partial charge in [-0.25, -0.2) is 0 Å². The Balaban J connectivity index is 1.74. The molecule has 5 fully saturated rings. The summed E-state index contributed by atoms with van der Waals surface area (Å²) >= 11 is 0. The van der Waals surface area contributed by atoms with Gasteiger partial charge in [0.2, 0.25) is 0 Å². The average Bonchev–Trinajstić information content (AvgIpc) is 3.00. The van der Waals surface area contributed by atoms with Gasteiger partial charge < -0.3 is 9.84 Å². The van der Waals surface area contributed by atoms with Crippen LogP contribution in [0.15, 0.2) is 0 Å². The van der Waals surface area contributed by atoms with Crippen molar-refractivity contribution in [3.63, 3.8) is 0 Å². The number of aliphatic hydroxyl groups excluding tert-OH is 1. The number of Topliss-reactive ketones (excluding diaryl/α,β-unsaturated/α-hetero) is 2. The van der Waals surface area contributed by atoms with E-state index < -0.39 is 17.1 Å². The number of hydrogen-bond donors (Lipinski definition) is 1. The third-order valence-corrected chi connectivity index (χ3v) is 9.12. The second kappa shape index (κ2) is 3.60. The second-order valence-electron chi connectivity index (χ2n) is 9.51. The molecule has 1 N–H and O–H groups in total. The Bertz CT molecular complexity index is 656. The number of ketones is 2. The van der Waals surface area contributed by atoms with E-state index in [-0.39, 0.29) is 34.4 Å². The molecule has 126 valence electrons. The normalized spacial score (nSPS) is 62.5. The van der Waals surface area contributed by atoms with Crippen LogP contribution in [-0.2, 0) is 14.3 Å². The van der Waals surface area contributed by atoms with E-state index in [1.54, 1.807) is 0 Å². The molecule has 0 amide bonds. The molecule has 8 atom stereocenters. The molecule has 0 aromatic heterocycles. The Hall–Kier alpha value is -0.740. The maximum atomic E-state index is 13.3. The van der Waals surface area contributed by atoms with Gasteiger partial charge >= 0.3 is 0 Å². The molecular weight excluding hydrogens is 292 g/mol. The number of carbonyl (C=O) groups excluding carboxylic acids is 2. The van der Waals surface area contributed by atoms with Crippen molar-refractivity contribution in [2.75, 3.05) is 0 Å². The van der Waals surface area contributed by atoms with E-state index in [0.29, 0.717) is 18.3 Å². The highest BCUT2D eigenvalue weighted by Gasteiger charge is 2.93. The van der Waals surface area contributed by atoms with E-state index in [0.717, 1.165) is 19.3 Å². The van der Waals surface area contributed by atoms with Crippen LogP contribution in [0.3, 0.4) is 0 Å². The molecule has 2 spiro atoms. The molecular formula is C19H26O4. The smallest absolute Gasteiger partial charge is 0.171 e. The number of hydrogen-bond acceptors (Lipinski definition) is 4. The fourth-order valence-electron chi connectivity index (χ4n) is 8.19. The van der Waals surface area contributed by atoms with Gasteiger partial charge in [-0.2, -0.15) is 0 Å². The third-order valence-electron chi connectivity index (χ3n) is 9.12. The molecule has 0 aromatic carbocycles. The van der Waals surface area contributed by atoms with Gasteiger partial charge in [0.1, 0.15) is 17.8 Å². The minimum Gasteiger partial charge on any atom is -0.385 e.